The van der Waals surface area contributed by atoms with Crippen molar-refractivity contribution >= 4 is 31.7 Å². The van der Waals surface area contributed by atoms with Crippen molar-refractivity contribution in [2.45, 2.75) is 57.0 Å². The number of nitriles is 1. The fourth-order valence-electron chi connectivity index (χ4n) is 5.06. The van der Waals surface area contributed by atoms with E-state index in [0.29, 0.717) is 33.3 Å². The number of ketones is 1. The quantitative estimate of drug-likeness (QED) is 0.455. The van der Waals surface area contributed by atoms with Crippen molar-refractivity contribution in [1.82, 2.24) is 15.0 Å². The molecule has 0 bridgehead atoms. The predicted octanol–water partition coefficient (Wildman–Crippen LogP) is 4.85. The molecular weight excluding hydrogens is 556 g/mol. The van der Waals surface area contributed by atoms with Crippen molar-refractivity contribution in [2.24, 2.45) is 5.92 Å². The maximum absolute atomic E-state index is 13.4. The lowest BCUT2D eigenvalue weighted by atomic mass is 9.72. The number of allylic oxidation sites excluding steroid dienone is 4. The number of ether oxygens (including phenoxy) is 1. The van der Waals surface area contributed by atoms with Crippen LogP contribution in [-0.2, 0) is 21.4 Å². The molecule has 8 nitrogen and oxygen atoms in total. The second-order valence-electron chi connectivity index (χ2n) is 9.27. The van der Waals surface area contributed by atoms with E-state index in [0.717, 1.165) is 30.5 Å². The third-order valence-electron chi connectivity index (χ3n) is 6.76. The van der Waals surface area contributed by atoms with Gasteiger partial charge in [0, 0.05) is 41.3 Å². The SMILES string of the molecule is CCCC1CC(=O)C2=C(C1)NC(C)=C(C#N)C2c1cc(Br)c(OCc2cccnc2)c(S(=O)(=O)NC)c1. The Morgan fingerprint density at radius 1 is 1.32 bits per heavy atom. The number of carbonyl (C=O) groups is 1. The van der Waals surface area contributed by atoms with Gasteiger partial charge in [-0.05, 0) is 72.4 Å². The highest BCUT2D eigenvalue weighted by Crippen LogP contribution is 2.46. The summed E-state index contributed by atoms with van der Waals surface area (Å²) < 4.78 is 34.9. The van der Waals surface area contributed by atoms with Crippen LogP contribution in [0.3, 0.4) is 0 Å². The third kappa shape index (κ3) is 5.49. The molecule has 1 aliphatic heterocycles. The van der Waals surface area contributed by atoms with Gasteiger partial charge < -0.3 is 10.1 Å². The molecule has 0 amide bonds. The zero-order valence-corrected chi connectivity index (χ0v) is 23.4. The number of nitrogens with zero attached hydrogens (tertiary/aromatic N) is 2. The molecule has 0 saturated carbocycles. The Hall–Kier alpha value is -3.00. The number of rotatable bonds is 8. The fourth-order valence-corrected chi connectivity index (χ4v) is 6.70. The molecule has 2 aliphatic rings. The van der Waals surface area contributed by atoms with Gasteiger partial charge in [0.05, 0.1) is 22.0 Å². The number of pyridine rings is 1. The average molecular weight is 586 g/mol. The first kappa shape index (κ1) is 27.0. The molecule has 0 saturated heterocycles. The van der Waals surface area contributed by atoms with Crippen LogP contribution >= 0.6 is 15.9 Å². The number of nitrogens with one attached hydrogen (secondary N) is 2. The zero-order valence-electron chi connectivity index (χ0n) is 21.0. The fraction of sp³-hybridized carbons (Fsp3) is 0.370. The van der Waals surface area contributed by atoms with Crippen LogP contribution in [0.5, 0.6) is 5.75 Å². The maximum Gasteiger partial charge on any atom is 0.244 e. The average Bonchev–Trinajstić information content (AvgIpc) is 2.87. The summed E-state index contributed by atoms with van der Waals surface area (Å²) in [5, 5.41) is 13.4. The van der Waals surface area contributed by atoms with Crippen molar-refractivity contribution in [3.8, 4) is 11.8 Å². The van der Waals surface area contributed by atoms with Gasteiger partial charge in [-0.2, -0.15) is 5.26 Å². The molecule has 2 heterocycles. The van der Waals surface area contributed by atoms with Gasteiger partial charge in [-0.3, -0.25) is 9.78 Å². The van der Waals surface area contributed by atoms with Crippen LogP contribution in [0.4, 0.5) is 0 Å². The zero-order chi connectivity index (χ0) is 26.7. The summed E-state index contributed by atoms with van der Waals surface area (Å²) in [4.78, 5) is 17.4. The maximum atomic E-state index is 13.4. The van der Waals surface area contributed by atoms with Gasteiger partial charge in [0.2, 0.25) is 10.0 Å². The molecule has 2 unspecified atom stereocenters. The lowest BCUT2D eigenvalue weighted by Gasteiger charge is -2.35. The second-order valence-corrected chi connectivity index (χ2v) is 12.0. The molecule has 2 atom stereocenters. The second kappa shape index (κ2) is 11.2. The standard InChI is InChI=1S/C27H29BrN4O4S/c1-4-6-17-9-22-26(23(33)10-17)25(20(13-29)16(2)32-22)19-11-21(28)27(24(12-19)37(34,35)30-3)36-15-18-7-5-8-31-14-18/h5,7-8,11-12,14,17,25,30,32H,4,6,9-10,15H2,1-3H3. The molecule has 1 aliphatic carbocycles. The third-order valence-corrected chi connectivity index (χ3v) is 8.77. The first-order valence-electron chi connectivity index (χ1n) is 12.1. The minimum atomic E-state index is -3.95. The summed E-state index contributed by atoms with van der Waals surface area (Å²) in [6.45, 7) is 4.03. The van der Waals surface area contributed by atoms with Gasteiger partial charge in [0.25, 0.3) is 0 Å². The number of carbonyl (C=O) groups excluding carboxylic acids is 1. The van der Waals surface area contributed by atoms with Crippen LogP contribution in [0.15, 0.2) is 68.6 Å². The van der Waals surface area contributed by atoms with E-state index in [2.05, 4.69) is 43.9 Å². The Morgan fingerprint density at radius 2 is 2.11 bits per heavy atom. The van der Waals surface area contributed by atoms with Crippen LogP contribution in [0.1, 0.15) is 56.6 Å². The molecule has 0 fully saturated rings. The Bertz CT molecular complexity index is 1430. The molecule has 194 valence electrons. The van der Waals surface area contributed by atoms with Crippen molar-refractivity contribution in [1.29, 1.82) is 5.26 Å². The van der Waals surface area contributed by atoms with Crippen molar-refractivity contribution < 1.29 is 17.9 Å². The molecule has 1 aromatic carbocycles. The Labute approximate surface area is 226 Å². The minimum absolute atomic E-state index is 0.0106. The molecule has 0 radical (unpaired) electrons. The number of benzene rings is 1. The molecule has 2 aromatic rings. The first-order valence-corrected chi connectivity index (χ1v) is 14.4. The van der Waals surface area contributed by atoms with E-state index >= 15 is 0 Å². The highest BCUT2D eigenvalue weighted by Gasteiger charge is 2.39. The molecule has 2 N–H and O–H groups in total. The van der Waals surface area contributed by atoms with E-state index in [1.54, 1.807) is 24.5 Å². The summed E-state index contributed by atoms with van der Waals surface area (Å²) in [5.41, 5.74) is 3.73. The van der Waals surface area contributed by atoms with Gasteiger partial charge in [-0.15, -0.1) is 0 Å². The summed E-state index contributed by atoms with van der Waals surface area (Å²) in [5.74, 6) is -0.298. The summed E-state index contributed by atoms with van der Waals surface area (Å²) in [6, 6.07) is 9.11. The van der Waals surface area contributed by atoms with Gasteiger partial charge >= 0.3 is 0 Å². The lowest BCUT2D eigenvalue weighted by Crippen LogP contribution is -2.34. The molecular formula is C27H29BrN4O4S. The van der Waals surface area contributed by atoms with Crippen molar-refractivity contribution in [2.75, 3.05) is 7.05 Å². The van der Waals surface area contributed by atoms with Gasteiger partial charge in [0.15, 0.2) is 11.5 Å². The lowest BCUT2D eigenvalue weighted by molar-refractivity contribution is -0.117. The largest absolute Gasteiger partial charge is 0.486 e. The predicted molar refractivity (Wildman–Crippen MR) is 143 cm³/mol. The van der Waals surface area contributed by atoms with Gasteiger partial charge in [-0.25, -0.2) is 13.1 Å². The van der Waals surface area contributed by atoms with E-state index in [-0.39, 0.29) is 29.0 Å². The van der Waals surface area contributed by atoms with E-state index in [4.69, 9.17) is 4.74 Å². The van der Waals surface area contributed by atoms with E-state index in [9.17, 15) is 18.5 Å². The number of Topliss-reactive ketones (excluding diaryl/α,β-unsaturated/α-hetero) is 1. The van der Waals surface area contributed by atoms with Crippen LogP contribution in [0.2, 0.25) is 0 Å². The molecule has 4 rings (SSSR count). The number of aromatic nitrogens is 1. The van der Waals surface area contributed by atoms with E-state index in [1.165, 1.54) is 13.1 Å². The van der Waals surface area contributed by atoms with Gasteiger partial charge in [-0.1, -0.05) is 19.4 Å². The van der Waals surface area contributed by atoms with Gasteiger partial charge in [0.1, 0.15) is 11.5 Å². The molecule has 1 aromatic heterocycles. The highest BCUT2D eigenvalue weighted by molar-refractivity contribution is 9.10. The van der Waals surface area contributed by atoms with Crippen molar-refractivity contribution in [3.63, 3.8) is 0 Å². The molecule has 37 heavy (non-hydrogen) atoms. The number of hydrogen-bond acceptors (Lipinski definition) is 7. The number of halogens is 1. The summed E-state index contributed by atoms with van der Waals surface area (Å²) >= 11 is 3.50. The number of hydrogen-bond donors (Lipinski definition) is 2. The molecule has 10 heteroatoms. The topological polar surface area (TPSA) is 121 Å². The number of dihydropyridines is 1. The van der Waals surface area contributed by atoms with Crippen LogP contribution in [0, 0.1) is 17.2 Å². The Kier molecular flexibility index (Phi) is 8.17. The monoisotopic (exact) mass is 584 g/mol. The first-order chi connectivity index (χ1) is 17.7. The summed E-state index contributed by atoms with van der Waals surface area (Å²) in [7, 11) is -2.62. The van der Waals surface area contributed by atoms with Crippen molar-refractivity contribution in [3.05, 3.63) is 74.8 Å². The van der Waals surface area contributed by atoms with Crippen LogP contribution < -0.4 is 14.8 Å². The van der Waals surface area contributed by atoms with E-state index in [1.807, 2.05) is 13.0 Å². The van der Waals surface area contributed by atoms with Crippen LogP contribution in [0.25, 0.3) is 0 Å². The smallest absolute Gasteiger partial charge is 0.244 e. The Balaban J connectivity index is 1.84. The van der Waals surface area contributed by atoms with Crippen LogP contribution in [-0.4, -0.2) is 26.2 Å². The van der Waals surface area contributed by atoms with E-state index < -0.39 is 15.9 Å². The summed E-state index contributed by atoms with van der Waals surface area (Å²) in [6.07, 6.45) is 6.36. The number of sulfonamides is 1. The Morgan fingerprint density at radius 3 is 2.76 bits per heavy atom. The normalized spacial score (nSPS) is 19.8. The minimum Gasteiger partial charge on any atom is -0.486 e. The molecule has 0 spiro atoms. The highest BCUT2D eigenvalue weighted by atomic mass is 79.9.